The predicted molar refractivity (Wildman–Crippen MR) is 125 cm³/mol. The average molecular weight is 465 g/mol. The second-order valence-corrected chi connectivity index (χ2v) is 9.04. The lowest BCUT2D eigenvalue weighted by atomic mass is 10.1. The lowest BCUT2D eigenvalue weighted by molar-refractivity contribution is -0.122. The topological polar surface area (TPSA) is 49.4 Å². The van der Waals surface area contributed by atoms with E-state index in [-0.39, 0.29) is 18.2 Å². The van der Waals surface area contributed by atoms with Crippen LogP contribution in [0.2, 0.25) is 10.0 Å². The molecule has 4 nitrogen and oxygen atoms in total. The van der Waals surface area contributed by atoms with E-state index in [0.29, 0.717) is 37.9 Å². The summed E-state index contributed by atoms with van der Waals surface area (Å²) in [6, 6.07) is 12.8. The van der Waals surface area contributed by atoms with Crippen molar-refractivity contribution in [1.82, 2.24) is 4.90 Å². The molecule has 1 aliphatic heterocycles. The largest absolute Gasteiger partial charge is 0.325 e. The number of halogens is 2. The third kappa shape index (κ3) is 5.82. The highest BCUT2D eigenvalue weighted by molar-refractivity contribution is 8.26. The summed E-state index contributed by atoms with van der Waals surface area (Å²) in [4.78, 5) is 27.0. The smallest absolute Gasteiger partial charge is 0.266 e. The monoisotopic (exact) mass is 464 g/mol. The first-order chi connectivity index (χ1) is 13.8. The summed E-state index contributed by atoms with van der Waals surface area (Å²) in [6.07, 6.45) is 2.57. The predicted octanol–water partition coefficient (Wildman–Crippen LogP) is 5.92. The van der Waals surface area contributed by atoms with Gasteiger partial charge in [-0.15, -0.1) is 0 Å². The Hall–Kier alpha value is -1.86. The number of hydrogen-bond donors (Lipinski definition) is 1. The molecule has 1 saturated heterocycles. The van der Waals surface area contributed by atoms with E-state index in [2.05, 4.69) is 5.32 Å². The number of benzene rings is 2. The number of thiocarbonyl (C=S) groups is 1. The standard InChI is InChI=1S/C21H18Cl2N2O2S2/c1-13-4-6-14(7-5-13)11-18-20(27)25(21(28)29-18)10-2-3-19(26)24-17-9-8-15(22)12-16(17)23/h4-9,11-12H,2-3,10H2,1H3,(H,24,26)/b18-11-. The maximum absolute atomic E-state index is 12.6. The molecule has 1 fully saturated rings. The van der Waals surface area contributed by atoms with Crippen LogP contribution in [-0.4, -0.2) is 27.6 Å². The molecule has 0 aliphatic carbocycles. The van der Waals surface area contributed by atoms with E-state index in [9.17, 15) is 9.59 Å². The van der Waals surface area contributed by atoms with Gasteiger partial charge >= 0.3 is 0 Å². The number of aryl methyl sites for hydroxylation is 1. The van der Waals surface area contributed by atoms with Crippen LogP contribution in [0.1, 0.15) is 24.0 Å². The van der Waals surface area contributed by atoms with Crippen LogP contribution < -0.4 is 5.32 Å². The molecule has 2 aromatic carbocycles. The fourth-order valence-electron chi connectivity index (χ4n) is 2.71. The SMILES string of the molecule is Cc1ccc(/C=C2\SC(=S)N(CCCC(=O)Nc3ccc(Cl)cc3Cl)C2=O)cc1. The van der Waals surface area contributed by atoms with Crippen LogP contribution in [0.3, 0.4) is 0 Å². The van der Waals surface area contributed by atoms with Crippen LogP contribution in [0.25, 0.3) is 6.08 Å². The van der Waals surface area contributed by atoms with Crippen molar-refractivity contribution < 1.29 is 9.59 Å². The lowest BCUT2D eigenvalue weighted by Gasteiger charge is -2.14. The molecular formula is C21H18Cl2N2O2S2. The van der Waals surface area contributed by atoms with Gasteiger partial charge in [0.2, 0.25) is 5.91 Å². The molecule has 0 atom stereocenters. The first-order valence-electron chi connectivity index (χ1n) is 8.90. The zero-order valence-corrected chi connectivity index (χ0v) is 18.7. The van der Waals surface area contributed by atoms with Crippen molar-refractivity contribution in [1.29, 1.82) is 0 Å². The minimum Gasteiger partial charge on any atom is -0.325 e. The molecule has 0 radical (unpaired) electrons. The number of amides is 2. The highest BCUT2D eigenvalue weighted by Gasteiger charge is 2.31. The van der Waals surface area contributed by atoms with Gasteiger partial charge in [0.1, 0.15) is 4.32 Å². The molecule has 0 saturated carbocycles. The third-order valence-corrected chi connectivity index (χ3v) is 6.17. The van der Waals surface area contributed by atoms with Gasteiger partial charge in [0.05, 0.1) is 15.6 Å². The summed E-state index contributed by atoms with van der Waals surface area (Å²) < 4.78 is 0.509. The minimum atomic E-state index is -0.185. The molecule has 150 valence electrons. The molecule has 0 bridgehead atoms. The van der Waals surface area contributed by atoms with Crippen molar-refractivity contribution in [2.75, 3.05) is 11.9 Å². The van der Waals surface area contributed by atoms with Crippen molar-refractivity contribution in [3.63, 3.8) is 0 Å². The molecule has 2 aromatic rings. The first kappa shape index (κ1) is 21.8. The van der Waals surface area contributed by atoms with Crippen molar-refractivity contribution >= 4 is 75.1 Å². The Morgan fingerprint density at radius 3 is 2.62 bits per heavy atom. The Labute approximate surface area is 189 Å². The van der Waals surface area contributed by atoms with Gasteiger partial charge < -0.3 is 5.32 Å². The molecule has 8 heteroatoms. The van der Waals surface area contributed by atoms with E-state index in [1.807, 2.05) is 37.3 Å². The lowest BCUT2D eigenvalue weighted by Crippen LogP contribution is -2.29. The van der Waals surface area contributed by atoms with Gasteiger partial charge in [-0.3, -0.25) is 14.5 Å². The minimum absolute atomic E-state index is 0.123. The number of carbonyl (C=O) groups is 2. The van der Waals surface area contributed by atoms with E-state index in [1.165, 1.54) is 11.8 Å². The van der Waals surface area contributed by atoms with Crippen LogP contribution in [0.15, 0.2) is 47.4 Å². The van der Waals surface area contributed by atoms with E-state index >= 15 is 0 Å². The molecule has 1 aliphatic rings. The number of nitrogens with one attached hydrogen (secondary N) is 1. The fourth-order valence-corrected chi connectivity index (χ4v) is 4.47. The van der Waals surface area contributed by atoms with Crippen LogP contribution >= 0.6 is 47.2 Å². The van der Waals surface area contributed by atoms with Gasteiger partial charge in [0.15, 0.2) is 0 Å². The summed E-state index contributed by atoms with van der Waals surface area (Å²) in [5.41, 5.74) is 2.62. The summed E-state index contributed by atoms with van der Waals surface area (Å²) in [6.45, 7) is 2.40. The highest BCUT2D eigenvalue weighted by Crippen LogP contribution is 2.33. The Bertz CT molecular complexity index is 991. The Morgan fingerprint density at radius 2 is 1.93 bits per heavy atom. The van der Waals surface area contributed by atoms with Gasteiger partial charge in [-0.25, -0.2) is 0 Å². The zero-order chi connectivity index (χ0) is 21.0. The summed E-state index contributed by atoms with van der Waals surface area (Å²) in [5, 5.41) is 3.63. The fraction of sp³-hybridized carbons (Fsp3) is 0.190. The van der Waals surface area contributed by atoms with E-state index in [4.69, 9.17) is 35.4 Å². The van der Waals surface area contributed by atoms with Gasteiger partial charge in [0, 0.05) is 18.0 Å². The van der Waals surface area contributed by atoms with Crippen LogP contribution in [-0.2, 0) is 9.59 Å². The summed E-state index contributed by atoms with van der Waals surface area (Å²) in [5.74, 6) is -0.309. The average Bonchev–Trinajstić information content (AvgIpc) is 2.93. The summed E-state index contributed by atoms with van der Waals surface area (Å²) >= 11 is 18.5. The van der Waals surface area contributed by atoms with Crippen molar-refractivity contribution in [2.24, 2.45) is 0 Å². The first-order valence-corrected chi connectivity index (χ1v) is 10.9. The maximum atomic E-state index is 12.6. The second kappa shape index (κ2) is 9.76. The number of carbonyl (C=O) groups excluding carboxylic acids is 2. The van der Waals surface area contributed by atoms with Gasteiger partial charge in [-0.2, -0.15) is 0 Å². The maximum Gasteiger partial charge on any atom is 0.266 e. The second-order valence-electron chi connectivity index (χ2n) is 6.52. The van der Waals surface area contributed by atoms with Crippen molar-refractivity contribution in [2.45, 2.75) is 19.8 Å². The van der Waals surface area contributed by atoms with Gasteiger partial charge in [-0.1, -0.05) is 77.0 Å². The van der Waals surface area contributed by atoms with Crippen molar-refractivity contribution in [3.8, 4) is 0 Å². The molecular weight excluding hydrogens is 447 g/mol. The number of hydrogen-bond acceptors (Lipinski definition) is 4. The molecule has 2 amide bonds. The van der Waals surface area contributed by atoms with Crippen molar-refractivity contribution in [3.05, 3.63) is 68.5 Å². The molecule has 0 unspecified atom stereocenters. The van der Waals surface area contributed by atoms with E-state index < -0.39 is 0 Å². The Morgan fingerprint density at radius 1 is 1.21 bits per heavy atom. The number of rotatable bonds is 6. The zero-order valence-electron chi connectivity index (χ0n) is 15.6. The molecule has 0 spiro atoms. The highest BCUT2D eigenvalue weighted by atomic mass is 35.5. The molecule has 1 N–H and O–H groups in total. The van der Waals surface area contributed by atoms with E-state index in [1.54, 1.807) is 23.1 Å². The number of anilines is 1. The van der Waals surface area contributed by atoms with Crippen LogP contribution in [0.5, 0.6) is 0 Å². The van der Waals surface area contributed by atoms with E-state index in [0.717, 1.165) is 11.1 Å². The number of nitrogens with zero attached hydrogens (tertiary/aromatic N) is 1. The third-order valence-electron chi connectivity index (χ3n) is 4.24. The summed E-state index contributed by atoms with van der Waals surface area (Å²) in [7, 11) is 0. The molecule has 29 heavy (non-hydrogen) atoms. The quantitative estimate of drug-likeness (QED) is 0.425. The Balaban J connectivity index is 1.54. The molecule has 3 rings (SSSR count). The normalized spacial score (nSPS) is 15.3. The van der Waals surface area contributed by atoms with Crippen LogP contribution in [0, 0.1) is 6.92 Å². The Kier molecular flexibility index (Phi) is 7.35. The molecule has 0 aromatic heterocycles. The van der Waals surface area contributed by atoms with Crippen LogP contribution in [0.4, 0.5) is 5.69 Å². The van der Waals surface area contributed by atoms with Gasteiger partial charge in [-0.05, 0) is 43.2 Å². The number of thioether (sulfide) groups is 1. The molecule has 1 heterocycles. The van der Waals surface area contributed by atoms with Gasteiger partial charge in [0.25, 0.3) is 5.91 Å².